The molecular weight excluding hydrogens is 288 g/mol. The minimum Gasteiger partial charge on any atom is -0.489 e. The Hall–Kier alpha value is -2.33. The predicted octanol–water partition coefficient (Wildman–Crippen LogP) is 3.37. The quantitative estimate of drug-likeness (QED) is 0.824. The van der Waals surface area contributed by atoms with Gasteiger partial charge in [0.2, 0.25) is 5.91 Å². The Kier molecular flexibility index (Phi) is 6.18. The third-order valence-electron chi connectivity index (χ3n) is 3.66. The molecule has 2 aromatic rings. The second-order valence-corrected chi connectivity index (χ2v) is 5.70. The van der Waals surface area contributed by atoms with Crippen molar-refractivity contribution in [2.75, 3.05) is 18.9 Å². The number of benzene rings is 2. The van der Waals surface area contributed by atoms with E-state index in [1.165, 1.54) is 0 Å². The lowest BCUT2D eigenvalue weighted by atomic mass is 10.1. The number of hydrogen-bond donors (Lipinski definition) is 2. The van der Waals surface area contributed by atoms with Gasteiger partial charge in [0.1, 0.15) is 12.4 Å². The van der Waals surface area contributed by atoms with Crippen molar-refractivity contribution < 1.29 is 9.53 Å². The van der Waals surface area contributed by atoms with Gasteiger partial charge in [0.25, 0.3) is 0 Å². The molecule has 0 aliphatic rings. The number of amides is 1. The van der Waals surface area contributed by atoms with Gasteiger partial charge in [-0.25, -0.2) is 0 Å². The van der Waals surface area contributed by atoms with Crippen LogP contribution < -0.4 is 15.4 Å². The molecule has 2 rings (SSSR count). The second-order valence-electron chi connectivity index (χ2n) is 5.70. The normalized spacial score (nSPS) is 11.8. The van der Waals surface area contributed by atoms with Gasteiger partial charge >= 0.3 is 0 Å². The molecule has 122 valence electrons. The molecule has 23 heavy (non-hydrogen) atoms. The van der Waals surface area contributed by atoms with Gasteiger partial charge in [-0.3, -0.25) is 4.79 Å². The molecule has 4 heteroatoms. The Labute approximate surface area is 137 Å². The van der Waals surface area contributed by atoms with Crippen LogP contribution in [0.25, 0.3) is 0 Å². The number of ether oxygens (including phenoxy) is 1. The van der Waals surface area contributed by atoms with E-state index in [0.717, 1.165) is 22.6 Å². The Bertz CT molecular complexity index is 641. The summed E-state index contributed by atoms with van der Waals surface area (Å²) in [5, 5.41) is 5.97. The van der Waals surface area contributed by atoms with Crippen molar-refractivity contribution in [3.8, 4) is 5.75 Å². The zero-order chi connectivity index (χ0) is 16.7. The molecule has 4 nitrogen and oxygen atoms in total. The van der Waals surface area contributed by atoms with Gasteiger partial charge in [0.15, 0.2) is 0 Å². The summed E-state index contributed by atoms with van der Waals surface area (Å²) in [5.41, 5.74) is 2.94. The fourth-order valence-electron chi connectivity index (χ4n) is 2.26. The molecule has 0 bridgehead atoms. The lowest BCUT2D eigenvalue weighted by molar-refractivity contribution is -0.119. The van der Waals surface area contributed by atoms with Crippen LogP contribution in [-0.2, 0) is 11.4 Å². The Morgan fingerprint density at radius 3 is 2.57 bits per heavy atom. The van der Waals surface area contributed by atoms with Crippen molar-refractivity contribution in [2.45, 2.75) is 20.5 Å². The van der Waals surface area contributed by atoms with E-state index in [2.05, 4.69) is 10.6 Å². The smallest absolute Gasteiger partial charge is 0.228 e. The van der Waals surface area contributed by atoms with Crippen molar-refractivity contribution in [1.29, 1.82) is 0 Å². The zero-order valence-corrected chi connectivity index (χ0v) is 13.9. The van der Waals surface area contributed by atoms with Crippen molar-refractivity contribution in [3.05, 3.63) is 59.7 Å². The number of rotatable bonds is 7. The van der Waals surface area contributed by atoms with Gasteiger partial charge in [-0.15, -0.1) is 0 Å². The lowest BCUT2D eigenvalue weighted by Crippen LogP contribution is -2.28. The molecule has 0 radical (unpaired) electrons. The molecule has 0 saturated heterocycles. The summed E-state index contributed by atoms with van der Waals surface area (Å²) in [6.45, 7) is 5.06. The van der Waals surface area contributed by atoms with E-state index < -0.39 is 0 Å². The molecular formula is C19H24N2O2. The molecule has 0 spiro atoms. The summed E-state index contributed by atoms with van der Waals surface area (Å²) in [6, 6.07) is 15.8. The second kappa shape index (κ2) is 8.34. The van der Waals surface area contributed by atoms with Crippen LogP contribution in [0.5, 0.6) is 5.75 Å². The van der Waals surface area contributed by atoms with Crippen LogP contribution in [0.1, 0.15) is 18.1 Å². The van der Waals surface area contributed by atoms with Crippen LogP contribution in [0.4, 0.5) is 5.69 Å². The molecule has 0 fully saturated rings. The van der Waals surface area contributed by atoms with Gasteiger partial charge in [-0.2, -0.15) is 0 Å². The Morgan fingerprint density at radius 1 is 1.17 bits per heavy atom. The van der Waals surface area contributed by atoms with Crippen LogP contribution in [0, 0.1) is 12.8 Å². The van der Waals surface area contributed by atoms with Crippen LogP contribution in [0.15, 0.2) is 48.5 Å². The van der Waals surface area contributed by atoms with Gasteiger partial charge < -0.3 is 15.4 Å². The largest absolute Gasteiger partial charge is 0.489 e. The predicted molar refractivity (Wildman–Crippen MR) is 93.7 cm³/mol. The fraction of sp³-hybridized carbons (Fsp3) is 0.316. The topological polar surface area (TPSA) is 50.4 Å². The van der Waals surface area contributed by atoms with E-state index in [1.54, 1.807) is 0 Å². The van der Waals surface area contributed by atoms with Gasteiger partial charge in [0, 0.05) is 18.2 Å². The minimum atomic E-state index is -0.0755. The first-order valence-corrected chi connectivity index (χ1v) is 7.83. The average Bonchev–Trinajstić information content (AvgIpc) is 2.56. The monoisotopic (exact) mass is 312 g/mol. The van der Waals surface area contributed by atoms with E-state index >= 15 is 0 Å². The molecule has 0 aliphatic carbocycles. The maximum Gasteiger partial charge on any atom is 0.228 e. The number of carbonyl (C=O) groups excluding carboxylic acids is 1. The molecule has 2 aromatic carbocycles. The summed E-state index contributed by atoms with van der Waals surface area (Å²) in [5.74, 6) is 0.737. The molecule has 1 atom stereocenters. The van der Waals surface area contributed by atoms with Crippen LogP contribution in [0.3, 0.4) is 0 Å². The maximum absolute atomic E-state index is 12.1. The lowest BCUT2D eigenvalue weighted by Gasteiger charge is -2.14. The van der Waals surface area contributed by atoms with Crippen molar-refractivity contribution in [1.82, 2.24) is 5.32 Å². The highest BCUT2D eigenvalue weighted by Crippen LogP contribution is 2.22. The van der Waals surface area contributed by atoms with Gasteiger partial charge in [-0.05, 0) is 43.3 Å². The first kappa shape index (κ1) is 17.0. The van der Waals surface area contributed by atoms with E-state index in [1.807, 2.05) is 69.4 Å². The van der Waals surface area contributed by atoms with E-state index in [9.17, 15) is 4.79 Å². The minimum absolute atomic E-state index is 0.0143. The highest BCUT2D eigenvalue weighted by Gasteiger charge is 2.13. The third-order valence-corrected chi connectivity index (χ3v) is 3.66. The number of nitrogens with one attached hydrogen (secondary N) is 2. The number of carbonyl (C=O) groups is 1. The van der Waals surface area contributed by atoms with E-state index in [-0.39, 0.29) is 11.8 Å². The third kappa shape index (κ3) is 5.11. The van der Waals surface area contributed by atoms with Crippen LogP contribution >= 0.6 is 0 Å². The first-order valence-electron chi connectivity index (χ1n) is 7.83. The van der Waals surface area contributed by atoms with Crippen molar-refractivity contribution in [2.24, 2.45) is 5.92 Å². The summed E-state index contributed by atoms with van der Waals surface area (Å²) < 4.78 is 5.80. The number of anilines is 1. The van der Waals surface area contributed by atoms with Crippen molar-refractivity contribution >= 4 is 11.6 Å². The fourth-order valence-corrected chi connectivity index (χ4v) is 2.26. The molecule has 0 heterocycles. The molecule has 0 aromatic heterocycles. The Morgan fingerprint density at radius 2 is 1.91 bits per heavy atom. The van der Waals surface area contributed by atoms with Crippen molar-refractivity contribution in [3.63, 3.8) is 0 Å². The SMILES string of the molecule is CNCC(C)C(=O)Nc1ccc(OCc2ccccc2)cc1C. The summed E-state index contributed by atoms with van der Waals surface area (Å²) in [6.07, 6.45) is 0. The number of hydrogen-bond acceptors (Lipinski definition) is 3. The van der Waals surface area contributed by atoms with E-state index in [4.69, 9.17) is 4.74 Å². The molecule has 2 N–H and O–H groups in total. The molecule has 1 unspecified atom stereocenters. The molecule has 0 saturated carbocycles. The average molecular weight is 312 g/mol. The molecule has 1 amide bonds. The van der Waals surface area contributed by atoms with Crippen LogP contribution in [0.2, 0.25) is 0 Å². The van der Waals surface area contributed by atoms with E-state index in [0.29, 0.717) is 13.2 Å². The zero-order valence-electron chi connectivity index (χ0n) is 13.9. The molecule has 0 aliphatic heterocycles. The van der Waals surface area contributed by atoms with Crippen LogP contribution in [-0.4, -0.2) is 19.5 Å². The highest BCUT2D eigenvalue weighted by molar-refractivity contribution is 5.93. The summed E-state index contributed by atoms with van der Waals surface area (Å²) in [4.78, 5) is 12.1. The summed E-state index contributed by atoms with van der Waals surface area (Å²) >= 11 is 0. The highest BCUT2D eigenvalue weighted by atomic mass is 16.5. The maximum atomic E-state index is 12.1. The van der Waals surface area contributed by atoms with Gasteiger partial charge in [-0.1, -0.05) is 37.3 Å². The first-order chi connectivity index (χ1) is 11.1. The number of aryl methyl sites for hydroxylation is 1. The standard InChI is InChI=1S/C19H24N2O2/c1-14-11-17(23-13-16-7-5-4-6-8-16)9-10-18(14)21-19(22)15(2)12-20-3/h4-11,15,20H,12-13H2,1-3H3,(H,21,22). The summed E-state index contributed by atoms with van der Waals surface area (Å²) in [7, 11) is 1.84. The Balaban J connectivity index is 1.96. The van der Waals surface area contributed by atoms with Gasteiger partial charge in [0.05, 0.1) is 0 Å².